The summed E-state index contributed by atoms with van der Waals surface area (Å²) in [5.41, 5.74) is 4.59. The molecule has 0 fully saturated rings. The number of nitriles is 1. The fraction of sp³-hybridized carbons (Fsp3) is 0.211. The minimum Gasteiger partial charge on any atom is -0.308 e. The van der Waals surface area contributed by atoms with Gasteiger partial charge in [-0.3, -0.25) is 0 Å². The number of fused-ring (bicyclic) bond motifs is 1. The fourth-order valence-electron chi connectivity index (χ4n) is 3.05. The van der Waals surface area contributed by atoms with Crippen molar-refractivity contribution in [3.8, 4) is 6.07 Å². The molecule has 0 saturated carbocycles. The molecule has 0 aliphatic heterocycles. The molecule has 1 aliphatic rings. The average Bonchev–Trinajstić information content (AvgIpc) is 2.64. The fourth-order valence-corrected chi connectivity index (χ4v) is 3.05. The first-order chi connectivity index (χ1) is 12.2. The molecule has 1 aliphatic carbocycles. The summed E-state index contributed by atoms with van der Waals surface area (Å²) < 4.78 is 0. The Morgan fingerprint density at radius 2 is 1.72 bits per heavy atom. The molecule has 0 unspecified atom stereocenters. The number of carbonyl (C=O) groups excluding carboxylic acids is 2. The highest BCUT2D eigenvalue weighted by Crippen LogP contribution is 2.30. The molecule has 0 atom stereocenters. The Balaban J connectivity index is 1.75. The number of rotatable bonds is 3. The molecule has 25 heavy (non-hydrogen) atoms. The summed E-state index contributed by atoms with van der Waals surface area (Å²) in [7, 11) is 0. The molecule has 0 bridgehead atoms. The molecular formula is C19H16N4O2. The lowest BCUT2D eigenvalue weighted by molar-refractivity contribution is 0.262. The largest absolute Gasteiger partial charge is 0.323 e. The standard InChI is InChI=1S/C19H16N4O2/c20-11-13-5-10-18(17-4-2-1-3-16(13)17)23-19(25)22-15-8-6-14(7-9-15)21-12-24/h5-10H,1-4H2,(H2,22,23,25). The third kappa shape index (κ3) is 3.74. The zero-order valence-electron chi connectivity index (χ0n) is 13.5. The minimum atomic E-state index is -0.357. The Morgan fingerprint density at radius 3 is 2.40 bits per heavy atom. The number of anilines is 2. The summed E-state index contributed by atoms with van der Waals surface area (Å²) in [6.07, 6.45) is 5.31. The van der Waals surface area contributed by atoms with E-state index >= 15 is 0 Å². The number of amides is 2. The van der Waals surface area contributed by atoms with Gasteiger partial charge in [0.15, 0.2) is 0 Å². The van der Waals surface area contributed by atoms with E-state index in [1.54, 1.807) is 36.4 Å². The van der Waals surface area contributed by atoms with Crippen molar-refractivity contribution in [2.45, 2.75) is 25.7 Å². The van der Waals surface area contributed by atoms with E-state index < -0.39 is 0 Å². The van der Waals surface area contributed by atoms with E-state index in [1.807, 2.05) is 0 Å². The molecule has 2 amide bonds. The highest BCUT2D eigenvalue weighted by Gasteiger charge is 2.18. The van der Waals surface area contributed by atoms with Gasteiger partial charge < -0.3 is 10.6 Å². The lowest BCUT2D eigenvalue weighted by atomic mass is 9.87. The van der Waals surface area contributed by atoms with Gasteiger partial charge in [0, 0.05) is 11.4 Å². The van der Waals surface area contributed by atoms with Crippen LogP contribution < -0.4 is 10.6 Å². The highest BCUT2D eigenvalue weighted by atomic mass is 16.2. The average molecular weight is 332 g/mol. The van der Waals surface area contributed by atoms with Gasteiger partial charge in [-0.1, -0.05) is 0 Å². The number of isocyanates is 1. The molecule has 6 nitrogen and oxygen atoms in total. The molecule has 0 saturated heterocycles. The summed E-state index contributed by atoms with van der Waals surface area (Å²) >= 11 is 0. The molecule has 124 valence electrons. The second-order valence-electron chi connectivity index (χ2n) is 5.77. The van der Waals surface area contributed by atoms with Crippen molar-refractivity contribution in [1.82, 2.24) is 0 Å². The van der Waals surface area contributed by atoms with Gasteiger partial charge in [-0.15, -0.1) is 0 Å². The Bertz CT molecular complexity index is 891. The number of carbonyl (C=O) groups is 1. The van der Waals surface area contributed by atoms with Crippen molar-refractivity contribution in [2.75, 3.05) is 10.6 Å². The lowest BCUT2D eigenvalue weighted by Crippen LogP contribution is -2.21. The molecule has 2 N–H and O–H groups in total. The lowest BCUT2D eigenvalue weighted by Gasteiger charge is -2.21. The first-order valence-corrected chi connectivity index (χ1v) is 8.02. The van der Waals surface area contributed by atoms with Crippen LogP contribution in [0.25, 0.3) is 0 Å². The number of nitrogens with one attached hydrogen (secondary N) is 2. The summed E-state index contributed by atoms with van der Waals surface area (Å²) in [6.45, 7) is 0. The van der Waals surface area contributed by atoms with E-state index in [1.165, 1.54) is 6.08 Å². The van der Waals surface area contributed by atoms with Crippen LogP contribution in [0.5, 0.6) is 0 Å². The second kappa shape index (κ2) is 7.43. The summed E-state index contributed by atoms with van der Waals surface area (Å²) in [5, 5.41) is 14.8. The van der Waals surface area contributed by atoms with E-state index in [0.29, 0.717) is 16.9 Å². The van der Waals surface area contributed by atoms with Gasteiger partial charge in [-0.25, -0.2) is 9.59 Å². The van der Waals surface area contributed by atoms with Crippen LogP contribution in [0, 0.1) is 11.3 Å². The minimum absolute atomic E-state index is 0.357. The van der Waals surface area contributed by atoms with Gasteiger partial charge in [0.05, 0.1) is 17.3 Å². The third-order valence-electron chi connectivity index (χ3n) is 4.20. The maximum absolute atomic E-state index is 12.3. The van der Waals surface area contributed by atoms with Gasteiger partial charge >= 0.3 is 6.03 Å². The molecular weight excluding hydrogens is 316 g/mol. The number of hydrogen-bond donors (Lipinski definition) is 2. The van der Waals surface area contributed by atoms with Crippen molar-refractivity contribution in [3.05, 3.63) is 53.1 Å². The monoisotopic (exact) mass is 332 g/mol. The first-order valence-electron chi connectivity index (χ1n) is 8.02. The molecule has 0 heterocycles. The van der Waals surface area contributed by atoms with Crippen LogP contribution >= 0.6 is 0 Å². The van der Waals surface area contributed by atoms with Crippen molar-refractivity contribution < 1.29 is 9.59 Å². The van der Waals surface area contributed by atoms with Crippen molar-refractivity contribution in [2.24, 2.45) is 4.99 Å². The van der Waals surface area contributed by atoms with Crippen LogP contribution in [-0.4, -0.2) is 12.1 Å². The maximum Gasteiger partial charge on any atom is 0.323 e. The first kappa shape index (κ1) is 16.4. The van der Waals surface area contributed by atoms with Crippen molar-refractivity contribution in [1.29, 1.82) is 5.26 Å². The molecule has 3 rings (SSSR count). The maximum atomic E-state index is 12.3. The number of hydrogen-bond acceptors (Lipinski definition) is 4. The van der Waals surface area contributed by atoms with E-state index in [0.717, 1.165) is 42.5 Å². The van der Waals surface area contributed by atoms with Crippen molar-refractivity contribution >= 4 is 29.2 Å². The molecule has 0 spiro atoms. The Labute approximate surface area is 145 Å². The number of nitrogens with zero attached hydrogens (tertiary/aromatic N) is 2. The van der Waals surface area contributed by atoms with Crippen LogP contribution in [0.1, 0.15) is 29.5 Å². The van der Waals surface area contributed by atoms with Crippen LogP contribution in [0.15, 0.2) is 41.4 Å². The summed E-state index contributed by atoms with van der Waals surface area (Å²) in [4.78, 5) is 26.0. The highest BCUT2D eigenvalue weighted by molar-refractivity contribution is 6.00. The van der Waals surface area contributed by atoms with Gasteiger partial charge in [0.1, 0.15) is 0 Å². The summed E-state index contributed by atoms with van der Waals surface area (Å²) in [5.74, 6) is 0. The van der Waals surface area contributed by atoms with E-state index in [9.17, 15) is 14.9 Å². The van der Waals surface area contributed by atoms with Gasteiger partial charge in [-0.05, 0) is 73.2 Å². The van der Waals surface area contributed by atoms with Crippen molar-refractivity contribution in [3.63, 3.8) is 0 Å². The van der Waals surface area contributed by atoms with E-state index in [2.05, 4.69) is 21.7 Å². The Hall–Kier alpha value is -3.42. The normalized spacial score (nSPS) is 12.3. The van der Waals surface area contributed by atoms with E-state index in [-0.39, 0.29) is 6.03 Å². The van der Waals surface area contributed by atoms with Crippen LogP contribution in [-0.2, 0) is 17.6 Å². The Morgan fingerprint density at radius 1 is 1.00 bits per heavy atom. The number of aliphatic imine (C=N–C) groups is 1. The zero-order valence-corrected chi connectivity index (χ0v) is 13.5. The molecule has 0 radical (unpaired) electrons. The SMILES string of the molecule is N#Cc1ccc(NC(=O)Nc2ccc(N=C=O)cc2)c2c1CCCC2. The zero-order chi connectivity index (χ0) is 17.6. The Kier molecular flexibility index (Phi) is 4.89. The quantitative estimate of drug-likeness (QED) is 0.656. The topological polar surface area (TPSA) is 94.3 Å². The number of urea groups is 1. The predicted octanol–water partition coefficient (Wildman–Crippen LogP) is 4.05. The van der Waals surface area contributed by atoms with Crippen LogP contribution in [0.4, 0.5) is 21.9 Å². The molecule has 2 aromatic rings. The summed E-state index contributed by atoms with van der Waals surface area (Å²) in [6, 6.07) is 12.0. The van der Waals surface area contributed by atoms with Crippen LogP contribution in [0.3, 0.4) is 0 Å². The second-order valence-corrected chi connectivity index (χ2v) is 5.77. The van der Waals surface area contributed by atoms with Crippen LogP contribution in [0.2, 0.25) is 0 Å². The smallest absolute Gasteiger partial charge is 0.308 e. The van der Waals surface area contributed by atoms with Gasteiger partial charge in [-0.2, -0.15) is 10.3 Å². The molecule has 0 aromatic heterocycles. The van der Waals surface area contributed by atoms with Gasteiger partial charge in [0.2, 0.25) is 6.08 Å². The molecule has 6 heteroatoms. The predicted molar refractivity (Wildman–Crippen MR) is 94.7 cm³/mol. The van der Waals surface area contributed by atoms with Gasteiger partial charge in [0.25, 0.3) is 0 Å². The molecule has 2 aromatic carbocycles. The third-order valence-corrected chi connectivity index (χ3v) is 4.20. The number of benzene rings is 2. The van der Waals surface area contributed by atoms with E-state index in [4.69, 9.17) is 0 Å².